The van der Waals surface area contributed by atoms with Gasteiger partial charge in [0.2, 0.25) is 0 Å². The minimum absolute atomic E-state index is 0.0288. The number of rotatable bonds is 6. The zero-order valence-electron chi connectivity index (χ0n) is 16.8. The Hall–Kier alpha value is -2.20. The van der Waals surface area contributed by atoms with Crippen molar-refractivity contribution in [2.45, 2.75) is 57.1 Å². The van der Waals surface area contributed by atoms with E-state index in [4.69, 9.17) is 0 Å². The van der Waals surface area contributed by atoms with Crippen molar-refractivity contribution >= 4 is 15.8 Å². The van der Waals surface area contributed by atoms with Gasteiger partial charge in [-0.1, -0.05) is 0 Å². The first-order valence-corrected chi connectivity index (χ1v) is 11.0. The Balaban J connectivity index is 1.79. The molecule has 9 nitrogen and oxygen atoms in total. The molecule has 3 heterocycles. The molecule has 0 amide bonds. The smallest absolute Gasteiger partial charge is 0.267 e. The fourth-order valence-electron chi connectivity index (χ4n) is 3.39. The largest absolute Gasteiger partial charge is 0.351 e. The Labute approximate surface area is 165 Å². The average molecular weight is 409 g/mol. The van der Waals surface area contributed by atoms with Crippen LogP contribution in [-0.2, 0) is 17.1 Å². The Morgan fingerprint density at radius 2 is 2.04 bits per heavy atom. The van der Waals surface area contributed by atoms with Crippen LogP contribution in [0.25, 0.3) is 0 Å². The van der Waals surface area contributed by atoms with E-state index in [2.05, 4.69) is 19.7 Å². The lowest BCUT2D eigenvalue weighted by Gasteiger charge is -2.36. The number of aryl methyl sites for hydroxylation is 2. The second-order valence-corrected chi connectivity index (χ2v) is 9.21. The van der Waals surface area contributed by atoms with E-state index in [0.29, 0.717) is 11.6 Å². The third-order valence-corrected chi connectivity index (χ3v) is 6.39. The van der Waals surface area contributed by atoms with E-state index in [9.17, 15) is 13.2 Å². The number of anilines is 1. The Kier molecular flexibility index (Phi) is 5.90. The van der Waals surface area contributed by atoms with Gasteiger partial charge in [0.05, 0.1) is 6.04 Å². The van der Waals surface area contributed by atoms with E-state index >= 15 is 0 Å². The zero-order chi connectivity index (χ0) is 20.5. The summed E-state index contributed by atoms with van der Waals surface area (Å²) in [6.07, 6.45) is 4.39. The third kappa shape index (κ3) is 4.27. The molecule has 0 radical (unpaired) electrons. The van der Waals surface area contributed by atoms with Crippen LogP contribution in [0.15, 0.2) is 28.2 Å². The van der Waals surface area contributed by atoms with Gasteiger partial charge in [0, 0.05) is 38.4 Å². The molecule has 1 aliphatic heterocycles. The summed E-state index contributed by atoms with van der Waals surface area (Å²) in [4.78, 5) is 18.2. The van der Waals surface area contributed by atoms with Gasteiger partial charge >= 0.3 is 0 Å². The highest BCUT2D eigenvalue weighted by Gasteiger charge is 2.27. The number of imidazole rings is 1. The van der Waals surface area contributed by atoms with Crippen molar-refractivity contribution in [3.05, 3.63) is 34.5 Å². The van der Waals surface area contributed by atoms with Crippen LogP contribution in [0.1, 0.15) is 45.0 Å². The molecule has 1 atom stereocenters. The molecule has 0 saturated carbocycles. The average Bonchev–Trinajstić information content (AvgIpc) is 3.00. The predicted molar refractivity (Wildman–Crippen MR) is 107 cm³/mol. The zero-order valence-corrected chi connectivity index (χ0v) is 17.6. The molecule has 28 heavy (non-hydrogen) atoms. The van der Waals surface area contributed by atoms with Crippen LogP contribution in [0.2, 0.25) is 0 Å². The first kappa shape index (κ1) is 20.5. The number of piperidine rings is 1. The molecule has 154 valence electrons. The topological polar surface area (TPSA) is 102 Å². The molecule has 0 aromatic carbocycles. The molecule has 2 aromatic rings. The van der Waals surface area contributed by atoms with Gasteiger partial charge in [0.15, 0.2) is 5.03 Å². The summed E-state index contributed by atoms with van der Waals surface area (Å²) in [7, 11) is -1.92. The monoisotopic (exact) mass is 408 g/mol. The molecule has 3 rings (SSSR count). The van der Waals surface area contributed by atoms with Crippen LogP contribution >= 0.6 is 0 Å². The van der Waals surface area contributed by atoms with Crippen LogP contribution in [-0.4, -0.2) is 46.9 Å². The second kappa shape index (κ2) is 8.04. The van der Waals surface area contributed by atoms with Gasteiger partial charge in [-0.25, -0.2) is 22.8 Å². The summed E-state index contributed by atoms with van der Waals surface area (Å²) in [6.45, 7) is 6.62. The highest BCUT2D eigenvalue weighted by Crippen LogP contribution is 2.23. The first-order chi connectivity index (χ1) is 13.2. The highest BCUT2D eigenvalue weighted by molar-refractivity contribution is 7.89. The fourth-order valence-corrected chi connectivity index (χ4v) is 4.50. The van der Waals surface area contributed by atoms with Crippen molar-refractivity contribution in [3.8, 4) is 0 Å². The Bertz CT molecular complexity index is 975. The summed E-state index contributed by atoms with van der Waals surface area (Å²) in [5.74, 6) is 1.34. The molecule has 2 aromatic heterocycles. The maximum atomic E-state index is 12.6. The van der Waals surface area contributed by atoms with E-state index in [0.717, 1.165) is 25.8 Å². The summed E-state index contributed by atoms with van der Waals surface area (Å²) >= 11 is 0. The van der Waals surface area contributed by atoms with Gasteiger partial charge in [-0.05, 0) is 46.1 Å². The predicted octanol–water partition coefficient (Wildman–Crippen LogP) is 1.20. The number of nitrogens with zero attached hydrogens (tertiary/aromatic N) is 5. The van der Waals surface area contributed by atoms with E-state index in [1.165, 1.54) is 16.9 Å². The summed E-state index contributed by atoms with van der Waals surface area (Å²) in [6, 6.07) is 3.17. The lowest BCUT2D eigenvalue weighted by molar-refractivity contribution is 0.437. The molecular formula is C18H28N6O3S. The number of nitrogens with one attached hydrogen (secondary N) is 1. The van der Waals surface area contributed by atoms with E-state index in [1.807, 2.05) is 13.8 Å². The molecule has 1 aliphatic rings. The van der Waals surface area contributed by atoms with Gasteiger partial charge in [0.25, 0.3) is 15.6 Å². The minimum Gasteiger partial charge on any atom is -0.351 e. The highest BCUT2D eigenvalue weighted by atomic mass is 32.2. The van der Waals surface area contributed by atoms with Crippen LogP contribution in [0.4, 0.5) is 5.82 Å². The molecule has 10 heteroatoms. The SMILES string of the molecule is Cc1nc(S(=O)(=O)NCC2CCCCN2c2ccc(=O)n(C(C)C)n2)cn1C. The van der Waals surface area contributed by atoms with Crippen molar-refractivity contribution in [3.63, 3.8) is 0 Å². The summed E-state index contributed by atoms with van der Waals surface area (Å²) in [5, 5.41) is 4.53. The standard InChI is InChI=1S/C18H28N6O3S/c1-13(2)24-18(25)9-8-16(21-24)23-10-6-5-7-15(23)11-19-28(26,27)17-12-22(4)14(3)20-17/h8-9,12-13,15,19H,5-7,10-11H2,1-4H3. The lowest BCUT2D eigenvalue weighted by atomic mass is 10.0. The van der Waals surface area contributed by atoms with Crippen LogP contribution in [0.5, 0.6) is 0 Å². The van der Waals surface area contributed by atoms with E-state index in [1.54, 1.807) is 24.6 Å². The molecule has 1 unspecified atom stereocenters. The minimum atomic E-state index is -3.68. The molecule has 1 fully saturated rings. The molecular weight excluding hydrogens is 380 g/mol. The molecule has 0 bridgehead atoms. The number of sulfonamides is 1. The quantitative estimate of drug-likeness (QED) is 0.771. The van der Waals surface area contributed by atoms with E-state index in [-0.39, 0.29) is 29.2 Å². The van der Waals surface area contributed by atoms with Gasteiger partial charge in [-0.3, -0.25) is 4.79 Å². The van der Waals surface area contributed by atoms with Crippen molar-refractivity contribution in [2.24, 2.45) is 7.05 Å². The summed E-state index contributed by atoms with van der Waals surface area (Å²) in [5.41, 5.74) is -0.140. The normalized spacial score (nSPS) is 18.0. The molecule has 1 saturated heterocycles. The van der Waals surface area contributed by atoms with Gasteiger partial charge in [-0.2, -0.15) is 5.10 Å². The Morgan fingerprint density at radius 3 is 2.68 bits per heavy atom. The molecule has 0 aliphatic carbocycles. The maximum Gasteiger partial charge on any atom is 0.267 e. The van der Waals surface area contributed by atoms with Crippen LogP contribution in [0.3, 0.4) is 0 Å². The van der Waals surface area contributed by atoms with Crippen LogP contribution in [0, 0.1) is 6.92 Å². The first-order valence-electron chi connectivity index (χ1n) is 9.55. The summed E-state index contributed by atoms with van der Waals surface area (Å²) < 4.78 is 31.0. The van der Waals surface area contributed by atoms with Gasteiger partial charge in [-0.15, -0.1) is 0 Å². The van der Waals surface area contributed by atoms with Gasteiger partial charge < -0.3 is 9.47 Å². The fraction of sp³-hybridized carbons (Fsp3) is 0.611. The van der Waals surface area contributed by atoms with E-state index < -0.39 is 10.0 Å². The number of hydrogen-bond acceptors (Lipinski definition) is 6. The Morgan fingerprint density at radius 1 is 1.29 bits per heavy atom. The third-order valence-electron chi connectivity index (χ3n) is 5.09. The number of aromatic nitrogens is 4. The van der Waals surface area contributed by atoms with Crippen molar-refractivity contribution in [1.29, 1.82) is 0 Å². The van der Waals surface area contributed by atoms with Crippen molar-refractivity contribution < 1.29 is 8.42 Å². The lowest BCUT2D eigenvalue weighted by Crippen LogP contribution is -2.47. The van der Waals surface area contributed by atoms with Gasteiger partial charge in [0.1, 0.15) is 11.6 Å². The molecule has 0 spiro atoms. The van der Waals surface area contributed by atoms with Crippen molar-refractivity contribution in [1.82, 2.24) is 24.1 Å². The van der Waals surface area contributed by atoms with Crippen LogP contribution < -0.4 is 15.2 Å². The van der Waals surface area contributed by atoms with Crippen molar-refractivity contribution in [2.75, 3.05) is 18.0 Å². The second-order valence-electron chi connectivity index (χ2n) is 7.50. The number of hydrogen-bond donors (Lipinski definition) is 1. The molecule has 1 N–H and O–H groups in total. The maximum absolute atomic E-state index is 12.6.